The first-order valence-corrected chi connectivity index (χ1v) is 20.4. The van der Waals surface area contributed by atoms with Gasteiger partial charge in [0, 0.05) is 49.4 Å². The lowest BCUT2D eigenvalue weighted by molar-refractivity contribution is -0.140. The Labute approximate surface area is 271 Å². The van der Waals surface area contributed by atoms with Gasteiger partial charge < -0.3 is 19.5 Å². The van der Waals surface area contributed by atoms with Crippen LogP contribution in [0.4, 0.5) is 0 Å². The Hall–Kier alpha value is -3.47. The highest BCUT2D eigenvalue weighted by atomic mass is 28.3. The van der Waals surface area contributed by atoms with Gasteiger partial charge in [-0.2, -0.15) is 0 Å². The van der Waals surface area contributed by atoms with Crippen molar-refractivity contribution in [3.05, 3.63) is 56.9 Å². The van der Waals surface area contributed by atoms with E-state index in [4.69, 9.17) is 14.8 Å². The van der Waals surface area contributed by atoms with Gasteiger partial charge in [-0.3, -0.25) is 19.2 Å². The standard InChI is InChI=1S/C36H46N2O7Si/c1-5-36(44)29-20-31-34-28(21-38(31)35(43)26(29)14-16-32(36)41)25(17-18-46(2,3)4)27-19-24(13-15-30(27)37-34)45-33(42)12-10-8-6-7-9-11-23(40)22-39/h13,15,19-20,39,44H,5-12,14,16-18,21-22H2,1-4H3/t36-/m0/s1. The number of fused-ring (bicyclic) bond motifs is 5. The van der Waals surface area contributed by atoms with Crippen molar-refractivity contribution < 1.29 is 29.3 Å². The predicted octanol–water partition coefficient (Wildman–Crippen LogP) is 5.62. The molecule has 5 rings (SSSR count). The molecule has 0 saturated heterocycles. The summed E-state index contributed by atoms with van der Waals surface area (Å²) in [6.07, 6.45) is 6.30. The number of aryl methyl sites for hydroxylation is 1. The van der Waals surface area contributed by atoms with E-state index in [0.29, 0.717) is 60.5 Å². The summed E-state index contributed by atoms with van der Waals surface area (Å²) in [6, 6.07) is 8.35. The topological polar surface area (TPSA) is 136 Å². The number of carbonyl (C=O) groups excluding carboxylic acids is 3. The number of hydrogen-bond acceptors (Lipinski definition) is 8. The predicted molar refractivity (Wildman–Crippen MR) is 180 cm³/mol. The summed E-state index contributed by atoms with van der Waals surface area (Å²) in [7, 11) is -1.45. The van der Waals surface area contributed by atoms with Gasteiger partial charge in [0.25, 0.3) is 5.56 Å². The van der Waals surface area contributed by atoms with Gasteiger partial charge in [0.2, 0.25) is 0 Å². The molecule has 2 N–H and O–H groups in total. The van der Waals surface area contributed by atoms with Gasteiger partial charge in [0.15, 0.2) is 11.6 Å². The van der Waals surface area contributed by atoms with Gasteiger partial charge >= 0.3 is 5.97 Å². The van der Waals surface area contributed by atoms with Crippen molar-refractivity contribution in [1.29, 1.82) is 0 Å². The van der Waals surface area contributed by atoms with Crippen molar-refractivity contribution in [2.45, 2.75) is 115 Å². The van der Waals surface area contributed by atoms with Crippen LogP contribution in [0.3, 0.4) is 0 Å². The van der Waals surface area contributed by atoms with Gasteiger partial charge in [0.1, 0.15) is 18.0 Å². The molecule has 10 heteroatoms. The van der Waals surface area contributed by atoms with Crippen molar-refractivity contribution >= 4 is 36.5 Å². The van der Waals surface area contributed by atoms with Crippen molar-refractivity contribution in [2.75, 3.05) is 6.61 Å². The molecule has 0 saturated carbocycles. The van der Waals surface area contributed by atoms with Crippen LogP contribution in [0.2, 0.25) is 25.7 Å². The Morgan fingerprint density at radius 1 is 1.00 bits per heavy atom. The molecule has 46 heavy (non-hydrogen) atoms. The highest BCUT2D eigenvalue weighted by Crippen LogP contribution is 2.41. The normalized spacial score (nSPS) is 17.1. The summed E-state index contributed by atoms with van der Waals surface area (Å²) < 4.78 is 7.51. The largest absolute Gasteiger partial charge is 0.427 e. The Bertz CT molecular complexity index is 1740. The number of ether oxygens (including phenoxy) is 1. The molecule has 0 spiro atoms. The van der Waals surface area contributed by atoms with Crippen LogP contribution in [0, 0.1) is 0 Å². The maximum Gasteiger partial charge on any atom is 0.311 e. The zero-order valence-corrected chi connectivity index (χ0v) is 28.5. The molecule has 2 aromatic heterocycles. The van der Waals surface area contributed by atoms with Gasteiger partial charge in [-0.05, 0) is 61.9 Å². The number of aromatic nitrogens is 2. The van der Waals surface area contributed by atoms with E-state index in [9.17, 15) is 24.3 Å². The molecule has 0 amide bonds. The SMILES string of the molecule is CC[C@@]1(O)C(=O)CCc2c1cc1n(c2=O)Cc2c-1nc1ccc(OC(=O)CCCCCCCC(=O)CO)cc1c2CC[Si](C)(C)C. The monoisotopic (exact) mass is 646 g/mol. The minimum absolute atomic E-state index is 0.137. The van der Waals surface area contributed by atoms with Crippen LogP contribution in [0.25, 0.3) is 22.3 Å². The molecule has 1 aliphatic carbocycles. The van der Waals surface area contributed by atoms with Crippen molar-refractivity contribution in [1.82, 2.24) is 9.55 Å². The number of benzene rings is 1. The van der Waals surface area contributed by atoms with E-state index in [0.717, 1.165) is 60.2 Å². The minimum atomic E-state index is -1.66. The van der Waals surface area contributed by atoms with E-state index < -0.39 is 20.3 Å². The number of aliphatic hydroxyl groups is 2. The Morgan fingerprint density at radius 2 is 1.72 bits per heavy atom. The summed E-state index contributed by atoms with van der Waals surface area (Å²) in [5.74, 6) is -0.218. The van der Waals surface area contributed by atoms with Gasteiger partial charge in [0.05, 0.1) is 23.4 Å². The summed E-state index contributed by atoms with van der Waals surface area (Å²) in [4.78, 5) is 55.6. The van der Waals surface area contributed by atoms with Gasteiger partial charge in [-0.1, -0.05) is 51.9 Å². The molecule has 0 radical (unpaired) electrons. The third-order valence-electron chi connectivity index (χ3n) is 9.52. The number of hydrogen-bond donors (Lipinski definition) is 2. The molecule has 0 unspecified atom stereocenters. The molecule has 1 aliphatic heterocycles. The fourth-order valence-corrected chi connectivity index (χ4v) is 7.76. The van der Waals surface area contributed by atoms with Crippen LogP contribution in [0.1, 0.15) is 87.0 Å². The molecular formula is C36H46N2O7Si. The summed E-state index contributed by atoms with van der Waals surface area (Å²) in [6.45, 7) is 8.72. The number of carbonyl (C=O) groups is 3. The summed E-state index contributed by atoms with van der Waals surface area (Å²) in [5.41, 5.74) is 3.25. The van der Waals surface area contributed by atoms with Crippen molar-refractivity contribution in [3.8, 4) is 17.1 Å². The molecular weight excluding hydrogens is 600 g/mol. The number of aliphatic hydroxyl groups excluding tert-OH is 1. The third kappa shape index (κ3) is 6.94. The quantitative estimate of drug-likeness (QED) is 0.0781. The zero-order chi connectivity index (χ0) is 33.2. The molecule has 1 atom stereocenters. The first kappa shape index (κ1) is 33.9. The highest BCUT2D eigenvalue weighted by Gasteiger charge is 2.43. The lowest BCUT2D eigenvalue weighted by Gasteiger charge is -2.32. The Balaban J connectivity index is 1.42. The van der Waals surface area contributed by atoms with Crippen LogP contribution in [0.5, 0.6) is 5.75 Å². The van der Waals surface area contributed by atoms with E-state index in [1.165, 1.54) is 0 Å². The van der Waals surface area contributed by atoms with Crippen LogP contribution in [-0.2, 0) is 39.4 Å². The number of nitrogens with zero attached hydrogens (tertiary/aromatic N) is 2. The number of pyridine rings is 2. The number of esters is 1. The van der Waals surface area contributed by atoms with E-state index in [1.807, 2.05) is 18.2 Å². The van der Waals surface area contributed by atoms with E-state index in [-0.39, 0.29) is 35.9 Å². The maximum absolute atomic E-state index is 13.8. The maximum atomic E-state index is 13.8. The fraction of sp³-hybridized carbons (Fsp3) is 0.528. The third-order valence-corrected chi connectivity index (χ3v) is 11.3. The smallest absolute Gasteiger partial charge is 0.311 e. The fourth-order valence-electron chi connectivity index (χ4n) is 6.76. The average molecular weight is 647 g/mol. The van der Waals surface area contributed by atoms with E-state index in [2.05, 4.69) is 19.6 Å². The van der Waals surface area contributed by atoms with Crippen LogP contribution in [0.15, 0.2) is 29.1 Å². The molecule has 3 aromatic rings. The van der Waals surface area contributed by atoms with Crippen LogP contribution < -0.4 is 10.3 Å². The van der Waals surface area contributed by atoms with Crippen molar-refractivity contribution in [3.63, 3.8) is 0 Å². The molecule has 1 aromatic carbocycles. The zero-order valence-electron chi connectivity index (χ0n) is 27.5. The second-order valence-corrected chi connectivity index (χ2v) is 19.7. The molecule has 2 aliphatic rings. The second kappa shape index (κ2) is 13.7. The molecule has 0 fully saturated rings. The Kier molecular flexibility index (Phi) is 10.1. The lowest BCUT2D eigenvalue weighted by Crippen LogP contribution is -2.43. The first-order chi connectivity index (χ1) is 21.9. The average Bonchev–Trinajstić information content (AvgIpc) is 3.38. The van der Waals surface area contributed by atoms with Crippen LogP contribution in [-0.4, -0.2) is 52.0 Å². The van der Waals surface area contributed by atoms with Crippen molar-refractivity contribution in [2.24, 2.45) is 0 Å². The van der Waals surface area contributed by atoms with E-state index in [1.54, 1.807) is 17.6 Å². The lowest BCUT2D eigenvalue weighted by atomic mass is 9.77. The number of rotatable bonds is 14. The van der Waals surface area contributed by atoms with E-state index >= 15 is 0 Å². The number of ketones is 2. The highest BCUT2D eigenvalue weighted by molar-refractivity contribution is 6.76. The minimum Gasteiger partial charge on any atom is -0.427 e. The van der Waals surface area contributed by atoms with Gasteiger partial charge in [-0.15, -0.1) is 0 Å². The summed E-state index contributed by atoms with van der Waals surface area (Å²) >= 11 is 0. The number of Topliss-reactive ketones (excluding diaryl/α,β-unsaturated/α-hetero) is 2. The second-order valence-electron chi connectivity index (χ2n) is 14.0. The number of unbranched alkanes of at least 4 members (excludes halogenated alkanes) is 4. The first-order valence-electron chi connectivity index (χ1n) is 16.7. The van der Waals surface area contributed by atoms with Crippen LogP contribution >= 0.6 is 0 Å². The van der Waals surface area contributed by atoms with Gasteiger partial charge in [-0.25, -0.2) is 4.98 Å². The molecule has 9 nitrogen and oxygen atoms in total. The molecule has 0 bridgehead atoms. The summed E-state index contributed by atoms with van der Waals surface area (Å²) in [5, 5.41) is 21.1. The molecule has 3 heterocycles. The molecule has 246 valence electrons. The Morgan fingerprint density at radius 3 is 2.41 bits per heavy atom.